The molecule has 146 valence electrons. The maximum absolute atomic E-state index is 11.7. The summed E-state index contributed by atoms with van der Waals surface area (Å²) >= 11 is 0. The number of benzene rings is 1. The van der Waals surface area contributed by atoms with Gasteiger partial charge in [-0.1, -0.05) is 12.1 Å². The van der Waals surface area contributed by atoms with Crippen LogP contribution in [0.5, 0.6) is 0 Å². The highest BCUT2D eigenvalue weighted by molar-refractivity contribution is 5.89. The lowest BCUT2D eigenvalue weighted by Gasteiger charge is -2.12. The van der Waals surface area contributed by atoms with Gasteiger partial charge in [0.05, 0.1) is 12.2 Å². The summed E-state index contributed by atoms with van der Waals surface area (Å²) in [5.41, 5.74) is 2.70. The van der Waals surface area contributed by atoms with Crippen LogP contribution in [0.15, 0.2) is 33.7 Å². The minimum absolute atomic E-state index is 0.0944. The summed E-state index contributed by atoms with van der Waals surface area (Å²) < 4.78 is 5.54. The summed E-state index contributed by atoms with van der Waals surface area (Å²) in [6.07, 6.45) is 0. The molecule has 0 fully saturated rings. The molecule has 0 radical (unpaired) electrons. The van der Waals surface area contributed by atoms with Gasteiger partial charge in [-0.05, 0) is 45.4 Å². The van der Waals surface area contributed by atoms with E-state index in [0.29, 0.717) is 24.9 Å². The van der Waals surface area contributed by atoms with Crippen molar-refractivity contribution in [1.29, 1.82) is 0 Å². The lowest BCUT2D eigenvalue weighted by molar-refractivity contribution is 0.250. The van der Waals surface area contributed by atoms with Gasteiger partial charge in [0, 0.05) is 25.3 Å². The number of nitrogens with zero attached hydrogens (tertiary/aromatic N) is 2. The molecule has 0 spiro atoms. The van der Waals surface area contributed by atoms with Crippen molar-refractivity contribution >= 4 is 17.7 Å². The van der Waals surface area contributed by atoms with Gasteiger partial charge in [-0.3, -0.25) is 4.99 Å². The molecular weight excluding hydrogens is 344 g/mol. The summed E-state index contributed by atoms with van der Waals surface area (Å²) in [7, 11) is 1.71. The molecule has 0 saturated carbocycles. The van der Waals surface area contributed by atoms with Crippen LogP contribution in [0.25, 0.3) is 0 Å². The number of carbonyl (C=O) groups excluding carboxylic acids is 1. The molecule has 0 saturated heterocycles. The first kappa shape index (κ1) is 20.3. The highest BCUT2D eigenvalue weighted by atomic mass is 16.4. The van der Waals surface area contributed by atoms with E-state index in [9.17, 15) is 4.79 Å². The van der Waals surface area contributed by atoms with E-state index in [1.165, 1.54) is 0 Å². The lowest BCUT2D eigenvalue weighted by atomic mass is 10.2. The Hall–Kier alpha value is -3.03. The number of amides is 2. The number of urea groups is 1. The van der Waals surface area contributed by atoms with Crippen molar-refractivity contribution in [3.63, 3.8) is 0 Å². The topological polar surface area (TPSA) is 104 Å². The highest BCUT2D eigenvalue weighted by Crippen LogP contribution is 2.10. The fraction of sp³-hybridized carbons (Fsp3) is 0.421. The fourth-order valence-corrected chi connectivity index (χ4v) is 2.32. The molecule has 1 heterocycles. The lowest BCUT2D eigenvalue weighted by Crippen LogP contribution is -2.36. The number of anilines is 1. The Morgan fingerprint density at radius 1 is 1.15 bits per heavy atom. The second-order valence-corrected chi connectivity index (χ2v) is 6.48. The molecule has 2 aromatic rings. The third kappa shape index (κ3) is 6.65. The quantitative estimate of drug-likeness (QED) is 0.461. The van der Waals surface area contributed by atoms with Gasteiger partial charge in [-0.25, -0.2) is 9.78 Å². The van der Waals surface area contributed by atoms with Gasteiger partial charge in [0.2, 0.25) is 5.89 Å². The standard InChI is InChI=1S/C19H28N6O2/c1-12(2)23-19(26)25-16-8-6-15(7-9-16)10-21-18(20-5)22-11-17-24-13(3)14(4)27-17/h6-9,12H,10-11H2,1-5H3,(H2,20,21,22)(H2,23,25,26). The van der Waals surface area contributed by atoms with Gasteiger partial charge in [0.25, 0.3) is 0 Å². The monoisotopic (exact) mass is 372 g/mol. The third-order valence-electron chi connectivity index (χ3n) is 3.80. The van der Waals surface area contributed by atoms with Gasteiger partial charge < -0.3 is 25.7 Å². The van der Waals surface area contributed by atoms with Gasteiger partial charge in [-0.15, -0.1) is 0 Å². The number of oxazole rings is 1. The summed E-state index contributed by atoms with van der Waals surface area (Å²) in [5.74, 6) is 2.11. The van der Waals surface area contributed by atoms with Crippen LogP contribution in [0.2, 0.25) is 0 Å². The molecule has 2 rings (SSSR count). The number of guanidine groups is 1. The number of hydrogen-bond acceptors (Lipinski definition) is 4. The molecule has 8 nitrogen and oxygen atoms in total. The second kappa shape index (κ2) is 9.61. The van der Waals surface area contributed by atoms with E-state index in [2.05, 4.69) is 31.2 Å². The molecule has 0 aliphatic carbocycles. The molecule has 2 amide bonds. The minimum Gasteiger partial charge on any atom is -0.444 e. The Morgan fingerprint density at radius 2 is 1.81 bits per heavy atom. The molecule has 0 bridgehead atoms. The Bertz CT molecular complexity index is 760. The highest BCUT2D eigenvalue weighted by Gasteiger charge is 2.07. The normalized spacial score (nSPS) is 11.4. The molecule has 0 unspecified atom stereocenters. The van der Waals surface area contributed by atoms with Gasteiger partial charge in [0.15, 0.2) is 5.96 Å². The van der Waals surface area contributed by atoms with Crippen molar-refractivity contribution < 1.29 is 9.21 Å². The van der Waals surface area contributed by atoms with E-state index in [0.717, 1.165) is 22.7 Å². The first-order valence-corrected chi connectivity index (χ1v) is 8.91. The Labute approximate surface area is 159 Å². The average Bonchev–Trinajstić information content (AvgIpc) is 2.93. The number of hydrogen-bond donors (Lipinski definition) is 4. The smallest absolute Gasteiger partial charge is 0.319 e. The molecule has 27 heavy (non-hydrogen) atoms. The van der Waals surface area contributed by atoms with Crippen LogP contribution in [0.3, 0.4) is 0 Å². The van der Waals surface area contributed by atoms with Crippen LogP contribution in [0, 0.1) is 13.8 Å². The Morgan fingerprint density at radius 3 is 2.37 bits per heavy atom. The zero-order valence-electron chi connectivity index (χ0n) is 16.5. The minimum atomic E-state index is -0.211. The second-order valence-electron chi connectivity index (χ2n) is 6.48. The van der Waals surface area contributed by atoms with Crippen LogP contribution in [0.1, 0.15) is 36.8 Å². The molecule has 0 aliphatic heterocycles. The molecular formula is C19H28N6O2. The predicted molar refractivity (Wildman–Crippen MR) is 107 cm³/mol. The van der Waals surface area contributed by atoms with E-state index in [1.807, 2.05) is 52.0 Å². The maximum Gasteiger partial charge on any atom is 0.319 e. The molecule has 8 heteroatoms. The van der Waals surface area contributed by atoms with Gasteiger partial charge >= 0.3 is 6.03 Å². The largest absolute Gasteiger partial charge is 0.444 e. The first-order valence-electron chi connectivity index (χ1n) is 8.91. The summed E-state index contributed by atoms with van der Waals surface area (Å²) in [5, 5.41) is 12.0. The number of aliphatic imine (C=N–C) groups is 1. The van der Waals surface area contributed by atoms with Crippen LogP contribution in [-0.2, 0) is 13.1 Å². The van der Waals surface area contributed by atoms with Gasteiger partial charge in [-0.2, -0.15) is 0 Å². The van der Waals surface area contributed by atoms with E-state index in [4.69, 9.17) is 4.42 Å². The predicted octanol–water partition coefficient (Wildman–Crippen LogP) is 2.69. The molecule has 1 aromatic heterocycles. The Kier molecular flexibility index (Phi) is 7.22. The van der Waals surface area contributed by atoms with Crippen molar-refractivity contribution in [2.24, 2.45) is 4.99 Å². The van der Waals surface area contributed by atoms with E-state index < -0.39 is 0 Å². The number of rotatable bonds is 6. The van der Waals surface area contributed by atoms with Crippen LogP contribution >= 0.6 is 0 Å². The third-order valence-corrected chi connectivity index (χ3v) is 3.80. The zero-order chi connectivity index (χ0) is 19.8. The average molecular weight is 372 g/mol. The van der Waals surface area contributed by atoms with Crippen LogP contribution < -0.4 is 21.3 Å². The number of carbonyl (C=O) groups is 1. The molecule has 4 N–H and O–H groups in total. The van der Waals surface area contributed by atoms with E-state index in [1.54, 1.807) is 7.05 Å². The fourth-order valence-electron chi connectivity index (χ4n) is 2.32. The van der Waals surface area contributed by atoms with Gasteiger partial charge in [0.1, 0.15) is 5.76 Å². The van der Waals surface area contributed by atoms with E-state index in [-0.39, 0.29) is 12.1 Å². The molecule has 0 aliphatic rings. The van der Waals surface area contributed by atoms with Crippen molar-refractivity contribution in [2.45, 2.75) is 46.8 Å². The van der Waals surface area contributed by atoms with Crippen molar-refractivity contribution in [3.8, 4) is 0 Å². The number of nitrogens with one attached hydrogen (secondary N) is 4. The summed E-state index contributed by atoms with van der Waals surface area (Å²) in [6.45, 7) is 8.70. The number of aromatic nitrogens is 1. The summed E-state index contributed by atoms with van der Waals surface area (Å²) in [4.78, 5) is 20.2. The van der Waals surface area contributed by atoms with E-state index >= 15 is 0 Å². The Balaban J connectivity index is 1.81. The van der Waals surface area contributed by atoms with Crippen molar-refractivity contribution in [1.82, 2.24) is 20.9 Å². The van der Waals surface area contributed by atoms with Crippen molar-refractivity contribution in [2.75, 3.05) is 12.4 Å². The zero-order valence-corrected chi connectivity index (χ0v) is 16.5. The number of aryl methyl sites for hydroxylation is 2. The summed E-state index contributed by atoms with van der Waals surface area (Å²) in [6, 6.07) is 7.52. The van der Waals surface area contributed by atoms with Crippen LogP contribution in [0.4, 0.5) is 10.5 Å². The molecule has 1 aromatic carbocycles. The van der Waals surface area contributed by atoms with Crippen molar-refractivity contribution in [3.05, 3.63) is 47.2 Å². The molecule has 0 atom stereocenters. The van der Waals surface area contributed by atoms with Crippen LogP contribution in [-0.4, -0.2) is 30.1 Å². The SMILES string of the molecule is CN=C(NCc1ccc(NC(=O)NC(C)C)cc1)NCc1nc(C)c(C)o1. The first-order chi connectivity index (χ1) is 12.9. The maximum atomic E-state index is 11.7.